The maximum atomic E-state index is 11.7. The third kappa shape index (κ3) is 4.28. The van der Waals surface area contributed by atoms with E-state index in [0.29, 0.717) is 9.48 Å². The van der Waals surface area contributed by atoms with E-state index < -0.39 is 48.4 Å². The van der Waals surface area contributed by atoms with E-state index in [0.717, 1.165) is 0 Å². The van der Waals surface area contributed by atoms with Gasteiger partial charge in [-0.2, -0.15) is 0 Å². The predicted molar refractivity (Wildman–Crippen MR) is 105 cm³/mol. The van der Waals surface area contributed by atoms with Crippen molar-refractivity contribution in [3.8, 4) is 0 Å². The van der Waals surface area contributed by atoms with Crippen molar-refractivity contribution < 1.29 is 33.7 Å². The number of carbonyl (C=O) groups is 3. The summed E-state index contributed by atoms with van der Waals surface area (Å²) in [4.78, 5) is 47.4. The molecule has 0 aliphatic carbocycles. The molecule has 1 aliphatic rings. The third-order valence-electron chi connectivity index (χ3n) is 4.34. The first-order valence-corrected chi connectivity index (χ1v) is 9.84. The van der Waals surface area contributed by atoms with Crippen LogP contribution in [0.15, 0.2) is 6.33 Å². The van der Waals surface area contributed by atoms with Gasteiger partial charge in [-0.25, -0.2) is 15.0 Å². The van der Waals surface area contributed by atoms with Gasteiger partial charge >= 0.3 is 17.9 Å². The van der Waals surface area contributed by atoms with Crippen LogP contribution in [0.1, 0.15) is 27.0 Å². The number of carboxylic acid groups (broad SMARTS) is 1. The molecule has 1 fully saturated rings. The molecule has 0 bridgehead atoms. The maximum Gasteiger partial charge on any atom is 0.309 e. The van der Waals surface area contributed by atoms with Crippen LogP contribution in [0, 0.1) is 9.75 Å². The Labute approximate surface area is 182 Å². The van der Waals surface area contributed by atoms with Gasteiger partial charge in [0, 0.05) is 36.4 Å². The molecule has 0 amide bonds. The fraction of sp³-hybridized carbons (Fsp3) is 0.500. The topological polar surface area (TPSA) is 143 Å². The first kappa shape index (κ1) is 21.6. The first-order chi connectivity index (χ1) is 13.6. The number of aliphatic carboxylic acids is 1. The van der Waals surface area contributed by atoms with Crippen molar-refractivity contribution in [1.82, 2.24) is 19.5 Å². The smallest absolute Gasteiger partial charge is 0.309 e. The fourth-order valence-corrected chi connectivity index (χ4v) is 3.94. The second-order valence-corrected chi connectivity index (χ2v) is 7.70. The minimum atomic E-state index is -1.16. The van der Waals surface area contributed by atoms with Crippen molar-refractivity contribution in [2.24, 2.45) is 5.92 Å². The van der Waals surface area contributed by atoms with Crippen LogP contribution in [0.25, 0.3) is 11.2 Å². The van der Waals surface area contributed by atoms with Gasteiger partial charge < -0.3 is 19.3 Å². The number of rotatable bonds is 5. The van der Waals surface area contributed by atoms with Crippen molar-refractivity contribution in [2.45, 2.75) is 45.3 Å². The van der Waals surface area contributed by atoms with Crippen LogP contribution in [0.4, 0.5) is 0 Å². The van der Waals surface area contributed by atoms with E-state index >= 15 is 0 Å². The lowest BCUT2D eigenvalue weighted by molar-refractivity contribution is -0.166. The number of carboxylic acids is 1. The minimum Gasteiger partial charge on any atom is -0.481 e. The Bertz CT molecular complexity index is 984. The van der Waals surface area contributed by atoms with Crippen LogP contribution in [0.5, 0.6) is 0 Å². The molecule has 3 rings (SSSR count). The standard InChI is InChI=1S/C16H16ClIN4O7/c1-5(15(25)26)9-10(27-6(2)23)11(28-7(3)24)14(29-9)22-4-19-8-12(17)20-16(18)21-13(8)22/h4-5,9-11,14H,1-3H3,(H,25,26)/t5?,9-,10-,11-,14-/m1/s1. The summed E-state index contributed by atoms with van der Waals surface area (Å²) in [6, 6.07) is 0. The number of imidazole rings is 1. The second-order valence-electron chi connectivity index (χ2n) is 6.37. The van der Waals surface area contributed by atoms with Crippen molar-refractivity contribution in [3.63, 3.8) is 0 Å². The van der Waals surface area contributed by atoms with E-state index in [1.165, 1.54) is 31.7 Å². The second kappa shape index (κ2) is 8.36. The van der Waals surface area contributed by atoms with Crippen LogP contribution in [-0.2, 0) is 28.6 Å². The molecule has 1 N–H and O–H groups in total. The molecular formula is C16H16ClIN4O7. The number of nitrogens with zero attached hydrogens (tertiary/aromatic N) is 4. The molecule has 3 heterocycles. The van der Waals surface area contributed by atoms with Gasteiger partial charge in [0.05, 0.1) is 12.2 Å². The summed E-state index contributed by atoms with van der Waals surface area (Å²) in [5.74, 6) is -3.55. The average Bonchev–Trinajstić information content (AvgIpc) is 3.15. The number of ether oxygens (including phenoxy) is 3. The van der Waals surface area contributed by atoms with Gasteiger partial charge in [-0.15, -0.1) is 0 Å². The van der Waals surface area contributed by atoms with E-state index in [-0.39, 0.29) is 10.7 Å². The quantitative estimate of drug-likeness (QED) is 0.258. The Morgan fingerprint density at radius 2 is 1.86 bits per heavy atom. The molecule has 29 heavy (non-hydrogen) atoms. The Hall–Kier alpha value is -2.06. The van der Waals surface area contributed by atoms with Gasteiger partial charge in [-0.3, -0.25) is 19.0 Å². The third-order valence-corrected chi connectivity index (χ3v) is 5.08. The van der Waals surface area contributed by atoms with Crippen LogP contribution >= 0.6 is 34.2 Å². The molecule has 13 heteroatoms. The van der Waals surface area contributed by atoms with Gasteiger partial charge in [0.2, 0.25) is 0 Å². The van der Waals surface area contributed by atoms with Gasteiger partial charge in [-0.05, 0) is 6.92 Å². The molecule has 156 valence electrons. The Morgan fingerprint density at radius 1 is 1.24 bits per heavy atom. The molecule has 0 spiro atoms. The summed E-state index contributed by atoms with van der Waals surface area (Å²) < 4.78 is 18.4. The summed E-state index contributed by atoms with van der Waals surface area (Å²) in [5.41, 5.74) is 0.581. The van der Waals surface area contributed by atoms with Crippen molar-refractivity contribution in [3.05, 3.63) is 15.3 Å². The van der Waals surface area contributed by atoms with Crippen LogP contribution in [-0.4, -0.2) is 60.8 Å². The largest absolute Gasteiger partial charge is 0.481 e. The highest BCUT2D eigenvalue weighted by Crippen LogP contribution is 2.39. The number of esters is 2. The fourth-order valence-electron chi connectivity index (χ4n) is 3.12. The number of aromatic nitrogens is 4. The molecule has 0 radical (unpaired) electrons. The summed E-state index contributed by atoms with van der Waals surface area (Å²) >= 11 is 7.99. The first-order valence-electron chi connectivity index (χ1n) is 8.38. The van der Waals surface area contributed by atoms with Crippen LogP contribution in [0.3, 0.4) is 0 Å². The zero-order chi connectivity index (χ0) is 21.5. The molecule has 11 nitrogen and oxygen atoms in total. The summed E-state index contributed by atoms with van der Waals surface area (Å²) in [5, 5.41) is 9.56. The van der Waals surface area contributed by atoms with Crippen molar-refractivity contribution >= 4 is 63.3 Å². The predicted octanol–water partition coefficient (Wildman–Crippen LogP) is 1.57. The zero-order valence-corrected chi connectivity index (χ0v) is 18.3. The van der Waals surface area contributed by atoms with E-state index in [9.17, 15) is 19.5 Å². The van der Waals surface area contributed by atoms with Crippen molar-refractivity contribution in [1.29, 1.82) is 0 Å². The van der Waals surface area contributed by atoms with E-state index in [1.807, 2.05) is 22.6 Å². The van der Waals surface area contributed by atoms with Crippen LogP contribution in [0.2, 0.25) is 5.15 Å². The molecule has 2 aromatic heterocycles. The van der Waals surface area contributed by atoms with E-state index in [1.54, 1.807) is 0 Å². The van der Waals surface area contributed by atoms with Gasteiger partial charge in [0.15, 0.2) is 33.1 Å². The van der Waals surface area contributed by atoms with Gasteiger partial charge in [0.25, 0.3) is 0 Å². The molecular weight excluding hydrogens is 523 g/mol. The lowest BCUT2D eigenvalue weighted by Crippen LogP contribution is -2.42. The number of carbonyl (C=O) groups excluding carboxylic acids is 2. The SMILES string of the molecule is CC(=O)O[C@@H]1[C@H](OC(C)=O)[C@@H](C(C)C(=O)O)O[C@H]1n1cnc2c(Cl)nc(I)nc21. The molecule has 5 atom stereocenters. The van der Waals surface area contributed by atoms with E-state index in [2.05, 4.69) is 15.0 Å². The zero-order valence-electron chi connectivity index (χ0n) is 15.4. The number of hydrogen-bond acceptors (Lipinski definition) is 9. The lowest BCUT2D eigenvalue weighted by atomic mass is 9.98. The summed E-state index contributed by atoms with van der Waals surface area (Å²) in [6.45, 7) is 3.76. The monoisotopic (exact) mass is 538 g/mol. The van der Waals surface area contributed by atoms with Gasteiger partial charge in [0.1, 0.15) is 11.6 Å². The Kier molecular flexibility index (Phi) is 6.24. The molecule has 1 aliphatic heterocycles. The lowest BCUT2D eigenvalue weighted by Gasteiger charge is -2.24. The highest BCUT2D eigenvalue weighted by Gasteiger charge is 2.53. The Balaban J connectivity index is 2.12. The van der Waals surface area contributed by atoms with Crippen LogP contribution < -0.4 is 0 Å². The number of hydrogen-bond donors (Lipinski definition) is 1. The van der Waals surface area contributed by atoms with E-state index in [4.69, 9.17) is 25.8 Å². The molecule has 0 saturated carbocycles. The molecule has 1 unspecified atom stereocenters. The number of fused-ring (bicyclic) bond motifs is 1. The van der Waals surface area contributed by atoms with Crippen molar-refractivity contribution in [2.75, 3.05) is 0 Å². The minimum absolute atomic E-state index is 0.118. The molecule has 1 saturated heterocycles. The Morgan fingerprint density at radius 3 is 2.45 bits per heavy atom. The summed E-state index contributed by atoms with van der Waals surface area (Å²) in [6.07, 6.45) is -3.06. The highest BCUT2D eigenvalue weighted by molar-refractivity contribution is 14.1. The average molecular weight is 539 g/mol. The maximum absolute atomic E-state index is 11.7. The molecule has 0 aromatic carbocycles. The summed E-state index contributed by atoms with van der Waals surface area (Å²) in [7, 11) is 0. The normalized spacial score (nSPS) is 25.0. The number of halogens is 2. The highest BCUT2D eigenvalue weighted by atomic mass is 127. The molecule has 2 aromatic rings. The van der Waals surface area contributed by atoms with Gasteiger partial charge in [-0.1, -0.05) is 11.6 Å².